The third-order valence-corrected chi connectivity index (χ3v) is 4.71. The molecule has 28 heavy (non-hydrogen) atoms. The van der Waals surface area contributed by atoms with Gasteiger partial charge in [-0.3, -0.25) is 4.79 Å². The van der Waals surface area contributed by atoms with Crippen molar-refractivity contribution >= 4 is 46.9 Å². The van der Waals surface area contributed by atoms with Gasteiger partial charge in [-0.05, 0) is 54.1 Å². The number of rotatable bonds is 6. The highest BCUT2D eigenvalue weighted by atomic mass is 35.5. The van der Waals surface area contributed by atoms with Crippen LogP contribution in [0.25, 0.3) is 0 Å². The van der Waals surface area contributed by atoms with E-state index in [-0.39, 0.29) is 5.91 Å². The standard InChI is InChI=1S/C21H15Cl3N2O2/c22-16-8-4-14(5-9-16)13-28-17-10-6-15(7-11-17)21(27)26-25-12-18-19(23)2-1-3-20(18)24/h1-12H,13H2,(H,26,27). The molecule has 3 rings (SSSR count). The second-order valence-corrected chi connectivity index (χ2v) is 7.02. The van der Waals surface area contributed by atoms with Crippen LogP contribution in [-0.2, 0) is 6.61 Å². The van der Waals surface area contributed by atoms with Gasteiger partial charge in [0.25, 0.3) is 5.91 Å². The fourth-order valence-corrected chi connectivity index (χ4v) is 2.92. The molecule has 0 fully saturated rings. The van der Waals surface area contributed by atoms with E-state index in [1.54, 1.807) is 42.5 Å². The summed E-state index contributed by atoms with van der Waals surface area (Å²) in [7, 11) is 0. The third kappa shape index (κ3) is 5.49. The summed E-state index contributed by atoms with van der Waals surface area (Å²) in [6.07, 6.45) is 1.41. The van der Waals surface area contributed by atoms with Crippen molar-refractivity contribution in [3.05, 3.63) is 98.5 Å². The smallest absolute Gasteiger partial charge is 0.271 e. The first-order valence-electron chi connectivity index (χ1n) is 8.27. The molecule has 0 aliphatic carbocycles. The highest BCUT2D eigenvalue weighted by molar-refractivity contribution is 6.38. The van der Waals surface area contributed by atoms with Crippen molar-refractivity contribution in [3.8, 4) is 5.75 Å². The van der Waals surface area contributed by atoms with Crippen LogP contribution in [0.5, 0.6) is 5.75 Å². The molecule has 0 bridgehead atoms. The van der Waals surface area contributed by atoms with Gasteiger partial charge in [0.05, 0.1) is 16.3 Å². The quantitative estimate of drug-likeness (QED) is 0.383. The minimum Gasteiger partial charge on any atom is -0.489 e. The van der Waals surface area contributed by atoms with Gasteiger partial charge in [-0.15, -0.1) is 0 Å². The number of carbonyl (C=O) groups excluding carboxylic acids is 1. The lowest BCUT2D eigenvalue weighted by Crippen LogP contribution is -2.17. The maximum Gasteiger partial charge on any atom is 0.271 e. The van der Waals surface area contributed by atoms with Crippen LogP contribution in [0, 0.1) is 0 Å². The number of nitrogens with one attached hydrogen (secondary N) is 1. The van der Waals surface area contributed by atoms with Crippen LogP contribution in [0.1, 0.15) is 21.5 Å². The second-order valence-electron chi connectivity index (χ2n) is 5.77. The van der Waals surface area contributed by atoms with Gasteiger partial charge in [-0.1, -0.05) is 53.0 Å². The Morgan fingerprint density at radius 1 is 0.929 bits per heavy atom. The predicted octanol–water partition coefficient (Wildman–Crippen LogP) is 5.99. The monoisotopic (exact) mass is 432 g/mol. The van der Waals surface area contributed by atoms with Crippen LogP contribution in [0.2, 0.25) is 15.1 Å². The van der Waals surface area contributed by atoms with Crippen LogP contribution in [0.4, 0.5) is 0 Å². The molecule has 0 radical (unpaired) electrons. The minimum absolute atomic E-state index is 0.358. The first kappa shape index (κ1) is 20.2. The number of hydrogen-bond acceptors (Lipinski definition) is 3. The molecule has 1 amide bonds. The Labute approximate surface area is 177 Å². The maximum atomic E-state index is 12.2. The van der Waals surface area contributed by atoms with Gasteiger partial charge in [-0.2, -0.15) is 5.10 Å². The Morgan fingerprint density at radius 3 is 2.21 bits per heavy atom. The summed E-state index contributed by atoms with van der Waals surface area (Å²) < 4.78 is 5.70. The Bertz CT molecular complexity index is 967. The zero-order valence-corrected chi connectivity index (χ0v) is 16.8. The molecular formula is C21H15Cl3N2O2. The predicted molar refractivity (Wildman–Crippen MR) is 114 cm³/mol. The Kier molecular flexibility index (Phi) is 6.93. The average molecular weight is 434 g/mol. The Morgan fingerprint density at radius 2 is 1.57 bits per heavy atom. The van der Waals surface area contributed by atoms with Crippen LogP contribution in [0.15, 0.2) is 71.8 Å². The number of carbonyl (C=O) groups is 1. The van der Waals surface area contributed by atoms with Crippen LogP contribution in [0.3, 0.4) is 0 Å². The van der Waals surface area contributed by atoms with E-state index in [1.807, 2.05) is 24.3 Å². The number of amides is 1. The molecule has 1 N–H and O–H groups in total. The zero-order chi connectivity index (χ0) is 19.9. The second kappa shape index (κ2) is 9.60. The van der Waals surface area contributed by atoms with Crippen molar-refractivity contribution in [2.45, 2.75) is 6.61 Å². The van der Waals surface area contributed by atoms with Crippen molar-refractivity contribution < 1.29 is 9.53 Å². The fourth-order valence-electron chi connectivity index (χ4n) is 2.30. The summed E-state index contributed by atoms with van der Waals surface area (Å²) in [4.78, 5) is 12.2. The van der Waals surface area contributed by atoms with E-state index in [1.165, 1.54) is 6.21 Å². The van der Waals surface area contributed by atoms with Crippen LogP contribution >= 0.6 is 34.8 Å². The van der Waals surface area contributed by atoms with Gasteiger partial charge < -0.3 is 4.74 Å². The number of hydrazone groups is 1. The summed E-state index contributed by atoms with van der Waals surface area (Å²) in [5.74, 6) is 0.293. The van der Waals surface area contributed by atoms with Gasteiger partial charge in [0, 0.05) is 16.1 Å². The summed E-state index contributed by atoms with van der Waals surface area (Å²) in [5, 5.41) is 5.49. The molecule has 142 valence electrons. The van der Waals surface area contributed by atoms with E-state index in [0.29, 0.717) is 38.6 Å². The molecule has 0 atom stereocenters. The topological polar surface area (TPSA) is 50.7 Å². The van der Waals surface area contributed by atoms with E-state index in [2.05, 4.69) is 10.5 Å². The molecular weight excluding hydrogens is 419 g/mol. The van der Waals surface area contributed by atoms with Crippen molar-refractivity contribution in [1.82, 2.24) is 5.43 Å². The summed E-state index contributed by atoms with van der Waals surface area (Å²) in [5.41, 5.74) is 4.43. The Balaban J connectivity index is 1.56. The van der Waals surface area contributed by atoms with Gasteiger partial charge >= 0.3 is 0 Å². The van der Waals surface area contributed by atoms with Crippen molar-refractivity contribution in [1.29, 1.82) is 0 Å². The normalized spacial score (nSPS) is 10.8. The molecule has 0 aromatic heterocycles. The van der Waals surface area contributed by atoms with Gasteiger partial charge in [0.2, 0.25) is 0 Å². The fraction of sp³-hybridized carbons (Fsp3) is 0.0476. The number of halogens is 3. The van der Waals surface area contributed by atoms with E-state index < -0.39 is 0 Å². The number of nitrogens with zero attached hydrogens (tertiary/aromatic N) is 1. The number of benzene rings is 3. The number of hydrogen-bond donors (Lipinski definition) is 1. The molecule has 3 aromatic rings. The van der Waals surface area contributed by atoms with Gasteiger partial charge in [0.1, 0.15) is 12.4 Å². The average Bonchev–Trinajstić information content (AvgIpc) is 2.70. The molecule has 0 heterocycles. The molecule has 7 heteroatoms. The molecule has 4 nitrogen and oxygen atoms in total. The number of ether oxygens (including phenoxy) is 1. The van der Waals surface area contributed by atoms with Crippen molar-refractivity contribution in [2.24, 2.45) is 5.10 Å². The van der Waals surface area contributed by atoms with Crippen molar-refractivity contribution in [3.63, 3.8) is 0 Å². The summed E-state index contributed by atoms with van der Waals surface area (Å²) in [6.45, 7) is 0.408. The van der Waals surface area contributed by atoms with Crippen molar-refractivity contribution in [2.75, 3.05) is 0 Å². The SMILES string of the molecule is O=C(NN=Cc1c(Cl)cccc1Cl)c1ccc(OCc2ccc(Cl)cc2)cc1. The lowest BCUT2D eigenvalue weighted by atomic mass is 10.2. The summed E-state index contributed by atoms with van der Waals surface area (Å²) >= 11 is 18.0. The molecule has 0 aliphatic rings. The van der Waals surface area contributed by atoms with Crippen LogP contribution in [-0.4, -0.2) is 12.1 Å². The molecule has 0 spiro atoms. The van der Waals surface area contributed by atoms with E-state index in [0.717, 1.165) is 5.56 Å². The largest absolute Gasteiger partial charge is 0.489 e. The highest BCUT2D eigenvalue weighted by Crippen LogP contribution is 2.22. The van der Waals surface area contributed by atoms with E-state index >= 15 is 0 Å². The summed E-state index contributed by atoms with van der Waals surface area (Å²) in [6, 6.07) is 19.3. The van der Waals surface area contributed by atoms with Gasteiger partial charge in [-0.25, -0.2) is 5.43 Å². The zero-order valence-electron chi connectivity index (χ0n) is 14.5. The van der Waals surface area contributed by atoms with Gasteiger partial charge in [0.15, 0.2) is 0 Å². The first-order chi connectivity index (χ1) is 13.5. The molecule has 3 aromatic carbocycles. The molecule has 0 aliphatic heterocycles. The highest BCUT2D eigenvalue weighted by Gasteiger charge is 2.06. The maximum absolute atomic E-state index is 12.2. The third-order valence-electron chi connectivity index (χ3n) is 3.79. The molecule has 0 saturated carbocycles. The van der Waals surface area contributed by atoms with E-state index in [9.17, 15) is 4.79 Å². The Hall–Kier alpha value is -2.53. The lowest BCUT2D eigenvalue weighted by Gasteiger charge is -2.07. The lowest BCUT2D eigenvalue weighted by molar-refractivity contribution is 0.0955. The molecule has 0 unspecified atom stereocenters. The minimum atomic E-state index is -0.358. The van der Waals surface area contributed by atoms with Crippen LogP contribution < -0.4 is 10.2 Å². The molecule has 0 saturated heterocycles. The first-order valence-corrected chi connectivity index (χ1v) is 9.41. The van der Waals surface area contributed by atoms with E-state index in [4.69, 9.17) is 39.5 Å².